The molecular weight excluding hydrogens is 392 g/mol. The zero-order chi connectivity index (χ0) is 21.8. The van der Waals surface area contributed by atoms with Crippen LogP contribution in [0.5, 0.6) is 0 Å². The molecule has 2 N–H and O–H groups in total. The molecule has 1 atom stereocenters. The van der Waals surface area contributed by atoms with Crippen LogP contribution in [0.15, 0.2) is 12.1 Å². The van der Waals surface area contributed by atoms with Crippen molar-refractivity contribution in [3.8, 4) is 0 Å². The molecule has 1 amide bonds. The van der Waals surface area contributed by atoms with Gasteiger partial charge in [-0.15, -0.1) is 0 Å². The van der Waals surface area contributed by atoms with Crippen molar-refractivity contribution in [2.45, 2.75) is 96.1 Å². The summed E-state index contributed by atoms with van der Waals surface area (Å²) in [6, 6.07) is 3.60. The summed E-state index contributed by atoms with van der Waals surface area (Å²) in [5.41, 5.74) is 4.04. The molecule has 2 saturated carbocycles. The Morgan fingerprint density at radius 2 is 2.03 bits per heavy atom. The van der Waals surface area contributed by atoms with Crippen LogP contribution in [0.25, 0.3) is 0 Å². The van der Waals surface area contributed by atoms with E-state index in [-0.39, 0.29) is 17.4 Å². The second kappa shape index (κ2) is 9.68. The van der Waals surface area contributed by atoms with E-state index < -0.39 is 12.0 Å². The van der Waals surface area contributed by atoms with Gasteiger partial charge in [-0.2, -0.15) is 0 Å². The summed E-state index contributed by atoms with van der Waals surface area (Å²) in [5.74, 6) is -0.481. The molecule has 1 aromatic rings. The van der Waals surface area contributed by atoms with Gasteiger partial charge in [-0.05, 0) is 87.2 Å². The summed E-state index contributed by atoms with van der Waals surface area (Å²) in [4.78, 5) is 28.4. The molecule has 1 aromatic heterocycles. The monoisotopic (exact) mass is 428 g/mol. The number of nitrogens with zero attached hydrogens (tertiary/aromatic N) is 1. The quantitative estimate of drug-likeness (QED) is 0.559. The van der Waals surface area contributed by atoms with Gasteiger partial charge in [0.2, 0.25) is 5.91 Å². The minimum absolute atomic E-state index is 0.0825. The first kappa shape index (κ1) is 22.3. The zero-order valence-corrected chi connectivity index (χ0v) is 18.7. The number of carbonyl (C=O) groups excluding carboxylic acids is 1. The number of amides is 1. The highest BCUT2D eigenvalue weighted by atomic mass is 16.5. The van der Waals surface area contributed by atoms with Crippen molar-refractivity contribution in [3.63, 3.8) is 0 Å². The van der Waals surface area contributed by atoms with Crippen LogP contribution in [-0.2, 0) is 33.6 Å². The average Bonchev–Trinajstić information content (AvgIpc) is 3.44. The minimum Gasteiger partial charge on any atom is -0.480 e. The average molecular weight is 429 g/mol. The number of carbonyl (C=O) groups is 2. The molecule has 1 heterocycles. The van der Waals surface area contributed by atoms with Crippen LogP contribution in [0.4, 0.5) is 0 Å². The van der Waals surface area contributed by atoms with E-state index in [0.29, 0.717) is 25.4 Å². The first-order valence-electron chi connectivity index (χ1n) is 12.0. The largest absolute Gasteiger partial charge is 0.480 e. The van der Waals surface area contributed by atoms with Crippen LogP contribution in [0, 0.1) is 11.3 Å². The van der Waals surface area contributed by atoms with Crippen molar-refractivity contribution in [2.75, 3.05) is 6.61 Å². The molecule has 6 nitrogen and oxygen atoms in total. The Morgan fingerprint density at radius 3 is 2.77 bits per heavy atom. The predicted molar refractivity (Wildman–Crippen MR) is 118 cm³/mol. The number of aliphatic carboxylic acids is 1. The molecule has 0 spiro atoms. The number of carboxylic acid groups (broad SMARTS) is 1. The molecule has 31 heavy (non-hydrogen) atoms. The van der Waals surface area contributed by atoms with Gasteiger partial charge in [-0.25, -0.2) is 4.79 Å². The van der Waals surface area contributed by atoms with E-state index in [1.165, 1.54) is 36.2 Å². The second-order valence-corrected chi connectivity index (χ2v) is 10.2. The standard InChI is InChI=1S/C25H36N2O4/c1-25(11-12-25)16-23(28)27-22(24(29)30)10-13-31-20-14-17(15-20)6-8-19-9-7-18-4-2-3-5-21(18)26-19/h7,9,17,20,22H,2-6,8,10-16H2,1H3,(H,27,28)(H,29,30). The van der Waals surface area contributed by atoms with Crippen LogP contribution >= 0.6 is 0 Å². The van der Waals surface area contributed by atoms with Crippen molar-refractivity contribution in [1.29, 1.82) is 0 Å². The summed E-state index contributed by atoms with van der Waals surface area (Å²) >= 11 is 0. The molecule has 2 fully saturated rings. The van der Waals surface area contributed by atoms with Gasteiger partial charge < -0.3 is 15.2 Å². The summed E-state index contributed by atoms with van der Waals surface area (Å²) in [7, 11) is 0. The Balaban J connectivity index is 1.11. The third-order valence-corrected chi connectivity index (χ3v) is 7.32. The van der Waals surface area contributed by atoms with E-state index in [4.69, 9.17) is 9.72 Å². The highest BCUT2D eigenvalue weighted by Crippen LogP contribution is 2.48. The lowest BCUT2D eigenvalue weighted by Gasteiger charge is -2.35. The van der Waals surface area contributed by atoms with Crippen molar-refractivity contribution in [2.24, 2.45) is 11.3 Å². The Labute approximate surface area is 185 Å². The van der Waals surface area contributed by atoms with Crippen LogP contribution in [0.1, 0.15) is 81.7 Å². The number of pyridine rings is 1. The van der Waals surface area contributed by atoms with Gasteiger partial charge in [0, 0.05) is 30.8 Å². The highest BCUT2D eigenvalue weighted by Gasteiger charge is 2.39. The third-order valence-electron chi connectivity index (χ3n) is 7.32. The maximum atomic E-state index is 12.1. The molecule has 4 rings (SSSR count). The van der Waals surface area contributed by atoms with Gasteiger partial charge in [0.15, 0.2) is 0 Å². The molecule has 0 aliphatic heterocycles. The minimum atomic E-state index is -0.984. The highest BCUT2D eigenvalue weighted by molar-refractivity contribution is 5.84. The predicted octanol–water partition coefficient (Wildman–Crippen LogP) is 3.84. The number of aromatic nitrogens is 1. The first-order valence-corrected chi connectivity index (χ1v) is 12.0. The van der Waals surface area contributed by atoms with Gasteiger partial charge in [0.1, 0.15) is 6.04 Å². The lowest BCUT2D eigenvalue weighted by Crippen LogP contribution is -2.42. The van der Waals surface area contributed by atoms with Crippen molar-refractivity contribution in [3.05, 3.63) is 29.1 Å². The molecule has 0 aromatic carbocycles. The van der Waals surface area contributed by atoms with Gasteiger partial charge in [0.05, 0.1) is 6.10 Å². The summed E-state index contributed by atoms with van der Waals surface area (Å²) < 4.78 is 5.88. The number of aryl methyl sites for hydroxylation is 3. The van der Waals surface area contributed by atoms with Gasteiger partial charge in [-0.3, -0.25) is 9.78 Å². The van der Waals surface area contributed by atoms with E-state index in [0.717, 1.165) is 44.9 Å². The number of hydrogen-bond donors (Lipinski definition) is 2. The number of fused-ring (bicyclic) bond motifs is 1. The number of rotatable bonds is 11. The number of carboxylic acids is 1. The van der Waals surface area contributed by atoms with E-state index >= 15 is 0 Å². The van der Waals surface area contributed by atoms with Crippen LogP contribution in [-0.4, -0.2) is 40.7 Å². The molecule has 6 heteroatoms. The second-order valence-electron chi connectivity index (χ2n) is 10.2. The van der Waals surface area contributed by atoms with Gasteiger partial charge in [0.25, 0.3) is 0 Å². The van der Waals surface area contributed by atoms with Gasteiger partial charge >= 0.3 is 5.97 Å². The lowest BCUT2D eigenvalue weighted by atomic mass is 9.79. The van der Waals surface area contributed by atoms with Crippen LogP contribution in [0.2, 0.25) is 0 Å². The molecule has 3 aliphatic rings. The van der Waals surface area contributed by atoms with E-state index in [1.807, 2.05) is 0 Å². The molecule has 1 unspecified atom stereocenters. The lowest BCUT2D eigenvalue weighted by molar-refractivity contribution is -0.143. The van der Waals surface area contributed by atoms with Crippen molar-refractivity contribution < 1.29 is 19.4 Å². The topological polar surface area (TPSA) is 88.5 Å². The summed E-state index contributed by atoms with van der Waals surface area (Å²) in [5, 5.41) is 12.1. The summed E-state index contributed by atoms with van der Waals surface area (Å²) in [6.45, 7) is 2.44. The van der Waals surface area contributed by atoms with Crippen molar-refractivity contribution >= 4 is 11.9 Å². The van der Waals surface area contributed by atoms with Gasteiger partial charge in [-0.1, -0.05) is 13.0 Å². The van der Waals surface area contributed by atoms with E-state index in [2.05, 4.69) is 24.4 Å². The zero-order valence-electron chi connectivity index (χ0n) is 18.7. The maximum absolute atomic E-state index is 12.1. The SMILES string of the molecule is CC1(CC(=O)NC(CCOC2CC(CCc3ccc4c(n3)CCCC4)C2)C(=O)O)CC1. The molecule has 0 bridgehead atoms. The fourth-order valence-electron chi connectivity index (χ4n) is 4.80. The third kappa shape index (κ3) is 6.28. The Kier molecular flexibility index (Phi) is 6.95. The normalized spacial score (nSPS) is 24.5. The first-order chi connectivity index (χ1) is 14.9. The summed E-state index contributed by atoms with van der Waals surface area (Å²) in [6.07, 6.45) is 12.1. The number of ether oxygens (including phenoxy) is 1. The maximum Gasteiger partial charge on any atom is 0.326 e. The molecular formula is C25H36N2O4. The molecule has 0 radical (unpaired) electrons. The molecule has 3 aliphatic carbocycles. The van der Waals surface area contributed by atoms with Crippen molar-refractivity contribution in [1.82, 2.24) is 10.3 Å². The Morgan fingerprint density at radius 1 is 1.26 bits per heavy atom. The molecule has 170 valence electrons. The number of hydrogen-bond acceptors (Lipinski definition) is 4. The fraction of sp³-hybridized carbons (Fsp3) is 0.720. The van der Waals surface area contributed by atoms with E-state index in [9.17, 15) is 14.7 Å². The Hall–Kier alpha value is -1.95. The number of nitrogens with one attached hydrogen (secondary N) is 1. The smallest absolute Gasteiger partial charge is 0.326 e. The fourth-order valence-corrected chi connectivity index (χ4v) is 4.80. The van der Waals surface area contributed by atoms with Crippen LogP contribution < -0.4 is 5.32 Å². The van der Waals surface area contributed by atoms with E-state index in [1.54, 1.807) is 0 Å². The van der Waals surface area contributed by atoms with Crippen LogP contribution in [0.3, 0.4) is 0 Å². The molecule has 0 saturated heterocycles. The Bertz CT molecular complexity index is 799.